The molecule has 1 aliphatic heterocycles. The van der Waals surface area contributed by atoms with Crippen molar-refractivity contribution in [2.75, 3.05) is 0 Å². The molecule has 1 aliphatic rings. The Labute approximate surface area is 138 Å². The minimum absolute atomic E-state index is 0.181. The summed E-state index contributed by atoms with van der Waals surface area (Å²) in [5.74, 6) is 0.416. The molecule has 0 aliphatic carbocycles. The Morgan fingerprint density at radius 1 is 0.955 bits per heavy atom. The van der Waals surface area contributed by atoms with Crippen molar-refractivity contribution < 1.29 is 4.79 Å². The van der Waals surface area contributed by atoms with Crippen molar-refractivity contribution in [3.8, 4) is 0 Å². The molecule has 1 fully saturated rings. The number of rotatable bonds is 3. The van der Waals surface area contributed by atoms with Gasteiger partial charge >= 0.3 is 0 Å². The van der Waals surface area contributed by atoms with Gasteiger partial charge in [-0.15, -0.1) is 0 Å². The molecule has 1 heterocycles. The van der Waals surface area contributed by atoms with Gasteiger partial charge in [-0.2, -0.15) is 0 Å². The zero-order valence-electron chi connectivity index (χ0n) is 15.4. The smallest absolute Gasteiger partial charge is 0.217 e. The van der Waals surface area contributed by atoms with E-state index in [9.17, 15) is 4.79 Å². The van der Waals surface area contributed by atoms with E-state index in [-0.39, 0.29) is 10.6 Å². The molecule has 22 heavy (non-hydrogen) atoms. The van der Waals surface area contributed by atoms with Gasteiger partial charge in [0.15, 0.2) is 8.24 Å². The maximum atomic E-state index is 13.1. The molecule has 2 atom stereocenters. The van der Waals surface area contributed by atoms with Crippen LogP contribution in [0, 0.1) is 0 Å². The minimum Gasteiger partial charge on any atom is -0.362 e. The van der Waals surface area contributed by atoms with E-state index >= 15 is 0 Å². The van der Waals surface area contributed by atoms with E-state index in [2.05, 4.69) is 88.4 Å². The summed E-state index contributed by atoms with van der Waals surface area (Å²) < 4.78 is 2.30. The third kappa shape index (κ3) is 2.71. The fourth-order valence-electron chi connectivity index (χ4n) is 3.31. The Bertz CT molecular complexity index is 555. The number of hydrogen-bond donors (Lipinski definition) is 0. The van der Waals surface area contributed by atoms with Crippen molar-refractivity contribution in [1.82, 2.24) is 4.57 Å². The van der Waals surface area contributed by atoms with Gasteiger partial charge < -0.3 is 4.57 Å². The quantitative estimate of drug-likeness (QED) is 0.544. The van der Waals surface area contributed by atoms with Gasteiger partial charge in [0.1, 0.15) is 0 Å². The highest BCUT2D eigenvalue weighted by molar-refractivity contribution is 6.85. The number of carbonyl (C=O) groups is 1. The van der Waals surface area contributed by atoms with Crippen molar-refractivity contribution >= 4 is 22.2 Å². The zero-order valence-corrected chi connectivity index (χ0v) is 17.4. The second kappa shape index (κ2) is 5.34. The molecule has 1 amide bonds. The van der Waals surface area contributed by atoms with Crippen LogP contribution in [0.25, 0.3) is 0 Å². The Balaban J connectivity index is 2.49. The average Bonchev–Trinajstić information content (AvgIpc) is 2.33. The highest BCUT2D eigenvalue weighted by Gasteiger charge is 2.60. The highest BCUT2D eigenvalue weighted by Crippen LogP contribution is 2.55. The van der Waals surface area contributed by atoms with Crippen LogP contribution in [-0.4, -0.2) is 26.8 Å². The van der Waals surface area contributed by atoms with E-state index in [4.69, 9.17) is 0 Å². The summed E-state index contributed by atoms with van der Waals surface area (Å²) in [5, 5.41) is 0.181. The maximum Gasteiger partial charge on any atom is 0.217 e. The van der Waals surface area contributed by atoms with E-state index in [1.54, 1.807) is 0 Å². The van der Waals surface area contributed by atoms with Crippen LogP contribution in [0.15, 0.2) is 30.3 Å². The van der Waals surface area contributed by atoms with Crippen molar-refractivity contribution in [2.45, 2.75) is 70.1 Å². The number of nitrogens with zero attached hydrogens (tertiary/aromatic N) is 1. The van der Waals surface area contributed by atoms with Crippen LogP contribution in [0.1, 0.15) is 32.4 Å². The van der Waals surface area contributed by atoms with Crippen LogP contribution < -0.4 is 0 Å². The normalized spacial score (nSPS) is 23.5. The Kier molecular flexibility index (Phi) is 4.24. The molecule has 0 aromatic heterocycles. The van der Waals surface area contributed by atoms with E-state index in [1.165, 1.54) is 5.56 Å². The summed E-state index contributed by atoms with van der Waals surface area (Å²) in [5.41, 5.74) is 1.54. The van der Waals surface area contributed by atoms with Gasteiger partial charge in [0.2, 0.25) is 5.91 Å². The zero-order chi connectivity index (χ0) is 16.9. The molecule has 4 heteroatoms. The third-order valence-electron chi connectivity index (χ3n) is 5.61. The van der Waals surface area contributed by atoms with Gasteiger partial charge in [0.05, 0.1) is 19.7 Å². The van der Waals surface area contributed by atoms with Gasteiger partial charge in [-0.3, -0.25) is 4.79 Å². The molecule has 0 N–H and O–H groups in total. The Hall–Kier alpha value is -0.876. The summed E-state index contributed by atoms with van der Waals surface area (Å²) in [6, 6.07) is 11.0. The highest BCUT2D eigenvalue weighted by atomic mass is 28.3. The third-order valence-corrected chi connectivity index (χ3v) is 13.4. The summed E-state index contributed by atoms with van der Waals surface area (Å²) in [6.45, 7) is 18.5. The number of carbonyl (C=O) groups excluding carboxylic acids is 1. The lowest BCUT2D eigenvalue weighted by molar-refractivity contribution is -0.139. The Morgan fingerprint density at radius 3 is 1.86 bits per heavy atom. The van der Waals surface area contributed by atoms with Gasteiger partial charge in [-0.25, -0.2) is 0 Å². The van der Waals surface area contributed by atoms with Crippen LogP contribution >= 0.6 is 0 Å². The molecular formula is C18H31NOSi2. The van der Waals surface area contributed by atoms with Crippen LogP contribution in [0.5, 0.6) is 0 Å². The fourth-order valence-corrected chi connectivity index (χ4v) is 8.16. The molecule has 0 saturated carbocycles. The van der Waals surface area contributed by atoms with E-state index < -0.39 is 16.3 Å². The molecule has 122 valence electrons. The van der Waals surface area contributed by atoms with Gasteiger partial charge in [-0.1, -0.05) is 83.8 Å². The molecule has 0 radical (unpaired) electrons. The first-order valence-corrected chi connectivity index (χ1v) is 14.8. The number of amides is 1. The topological polar surface area (TPSA) is 20.3 Å². The van der Waals surface area contributed by atoms with Crippen LogP contribution in [-0.2, 0) is 4.79 Å². The number of hydrogen-bond acceptors (Lipinski definition) is 1. The molecule has 2 rings (SSSR count). The SMILES string of the molecule is CC(C)(C)[Si](C)(C)N1C(=O)[C@H]([Si](C)(C)C)[C@H]1c1ccccc1. The first-order chi connectivity index (χ1) is 9.89. The van der Waals surface area contributed by atoms with E-state index in [0.29, 0.717) is 11.9 Å². The molecular weight excluding hydrogens is 302 g/mol. The molecule has 0 unspecified atom stereocenters. The monoisotopic (exact) mass is 333 g/mol. The van der Waals surface area contributed by atoms with Crippen molar-refractivity contribution in [2.24, 2.45) is 0 Å². The lowest BCUT2D eigenvalue weighted by Gasteiger charge is -2.61. The first-order valence-electron chi connectivity index (χ1n) is 8.27. The molecule has 1 aromatic rings. The molecule has 1 saturated heterocycles. The van der Waals surface area contributed by atoms with Crippen LogP contribution in [0.3, 0.4) is 0 Å². The second-order valence-electron chi connectivity index (χ2n) is 9.22. The summed E-state index contributed by atoms with van der Waals surface area (Å²) >= 11 is 0. The second-order valence-corrected chi connectivity index (χ2v) is 19.7. The van der Waals surface area contributed by atoms with Crippen molar-refractivity contribution in [3.05, 3.63) is 35.9 Å². The molecule has 1 aromatic carbocycles. The van der Waals surface area contributed by atoms with E-state index in [0.717, 1.165) is 0 Å². The standard InChI is InChI=1S/C18H31NOSi2/c1-18(2,3)22(7,8)19-15(14-12-10-9-11-13-14)16(17(19)20)21(4,5)6/h9-13,15-16H,1-8H3/t15-,16-/m1/s1. The fraction of sp³-hybridized carbons (Fsp3) is 0.611. The average molecular weight is 334 g/mol. The summed E-state index contributed by atoms with van der Waals surface area (Å²) in [4.78, 5) is 13.1. The van der Waals surface area contributed by atoms with Gasteiger partial charge in [-0.05, 0) is 10.6 Å². The minimum atomic E-state index is -1.85. The predicted octanol–water partition coefficient (Wildman–Crippen LogP) is 5.28. The largest absolute Gasteiger partial charge is 0.362 e. The summed E-state index contributed by atoms with van der Waals surface area (Å²) in [7, 11) is -3.38. The van der Waals surface area contributed by atoms with Crippen LogP contribution in [0.4, 0.5) is 0 Å². The van der Waals surface area contributed by atoms with Crippen molar-refractivity contribution in [3.63, 3.8) is 0 Å². The van der Waals surface area contributed by atoms with Gasteiger partial charge in [0.25, 0.3) is 0 Å². The Morgan fingerprint density at radius 2 is 1.45 bits per heavy atom. The van der Waals surface area contributed by atoms with E-state index in [1.807, 2.05) is 0 Å². The lowest BCUT2D eigenvalue weighted by atomic mass is 9.96. The van der Waals surface area contributed by atoms with Crippen molar-refractivity contribution in [1.29, 1.82) is 0 Å². The van der Waals surface area contributed by atoms with Crippen LogP contribution in [0.2, 0.25) is 43.3 Å². The number of β-lactam (4-membered cyclic amide) rings is 1. The number of benzene rings is 1. The summed E-state index contributed by atoms with van der Waals surface area (Å²) in [6.07, 6.45) is 0. The molecule has 0 bridgehead atoms. The first kappa shape index (κ1) is 17.5. The molecule has 0 spiro atoms. The van der Waals surface area contributed by atoms with Gasteiger partial charge in [0, 0.05) is 0 Å². The molecule has 2 nitrogen and oxygen atoms in total. The lowest BCUT2D eigenvalue weighted by Crippen LogP contribution is -2.70. The maximum absolute atomic E-state index is 13.1. The predicted molar refractivity (Wildman–Crippen MR) is 100 cm³/mol.